The van der Waals surface area contributed by atoms with Crippen LogP contribution < -0.4 is 11.1 Å². The fourth-order valence-corrected chi connectivity index (χ4v) is 2.34. The number of benzene rings is 2. The van der Waals surface area contributed by atoms with Crippen LogP contribution in [0.25, 0.3) is 0 Å². The van der Waals surface area contributed by atoms with Gasteiger partial charge in [0.15, 0.2) is 0 Å². The van der Waals surface area contributed by atoms with Crippen LogP contribution in [0.4, 0.5) is 0 Å². The van der Waals surface area contributed by atoms with E-state index in [-0.39, 0.29) is 18.3 Å². The smallest absolute Gasteiger partial charge is 0.251 e. The third kappa shape index (κ3) is 5.96. The van der Waals surface area contributed by atoms with Crippen LogP contribution in [-0.2, 0) is 19.6 Å². The Balaban J connectivity index is 0.00000288. The summed E-state index contributed by atoms with van der Waals surface area (Å²) in [6.45, 7) is 5.08. The third-order valence-electron chi connectivity index (χ3n) is 3.89. The van der Waals surface area contributed by atoms with Gasteiger partial charge in [0.1, 0.15) is 0 Å². The quantitative estimate of drug-likeness (QED) is 0.809. The minimum absolute atomic E-state index is 0. The van der Waals surface area contributed by atoms with Crippen molar-refractivity contribution in [3.8, 4) is 0 Å². The fraction of sp³-hybridized carbons (Fsp3) is 0.316. The summed E-state index contributed by atoms with van der Waals surface area (Å²) in [6, 6.07) is 15.7. The van der Waals surface area contributed by atoms with E-state index >= 15 is 0 Å². The van der Waals surface area contributed by atoms with Crippen molar-refractivity contribution in [2.75, 3.05) is 13.6 Å². The summed E-state index contributed by atoms with van der Waals surface area (Å²) in [5.41, 5.74) is 9.61. The molecular formula is C19H26ClN3O. The highest BCUT2D eigenvalue weighted by Gasteiger charge is 2.06. The highest BCUT2D eigenvalue weighted by molar-refractivity contribution is 5.94. The second kappa shape index (κ2) is 10.1. The van der Waals surface area contributed by atoms with E-state index in [2.05, 4.69) is 36.3 Å². The first kappa shape index (κ1) is 20.2. The lowest BCUT2D eigenvalue weighted by molar-refractivity contribution is 0.0951. The highest BCUT2D eigenvalue weighted by atomic mass is 35.5. The van der Waals surface area contributed by atoms with Crippen molar-refractivity contribution >= 4 is 18.3 Å². The zero-order chi connectivity index (χ0) is 16.7. The summed E-state index contributed by atoms with van der Waals surface area (Å²) in [4.78, 5) is 14.4. The molecule has 0 radical (unpaired) electrons. The first-order chi connectivity index (χ1) is 11.1. The van der Waals surface area contributed by atoms with Gasteiger partial charge < -0.3 is 16.0 Å². The summed E-state index contributed by atoms with van der Waals surface area (Å²) in [5, 5.41) is 2.96. The molecule has 2 aromatic rings. The lowest BCUT2D eigenvalue weighted by Gasteiger charge is -2.14. The van der Waals surface area contributed by atoms with Gasteiger partial charge in [0, 0.05) is 25.2 Å². The molecule has 4 nitrogen and oxygen atoms in total. The van der Waals surface area contributed by atoms with Gasteiger partial charge in [-0.3, -0.25) is 4.79 Å². The van der Waals surface area contributed by atoms with E-state index in [0.29, 0.717) is 18.7 Å². The molecule has 0 heterocycles. The first-order valence-electron chi connectivity index (χ1n) is 7.96. The Morgan fingerprint density at radius 1 is 1.08 bits per heavy atom. The molecule has 0 aliphatic carbocycles. The molecule has 5 heteroatoms. The molecule has 0 saturated heterocycles. The fourth-order valence-electron chi connectivity index (χ4n) is 2.34. The molecule has 2 rings (SSSR count). The van der Waals surface area contributed by atoms with Crippen LogP contribution in [0.1, 0.15) is 34.0 Å². The summed E-state index contributed by atoms with van der Waals surface area (Å²) in [5.74, 6) is -0.0651. The molecule has 0 saturated carbocycles. The molecule has 2 aromatic carbocycles. The average molecular weight is 348 g/mol. The van der Waals surface area contributed by atoms with Crippen molar-refractivity contribution in [2.45, 2.75) is 26.6 Å². The number of hydrogen-bond donors (Lipinski definition) is 2. The van der Waals surface area contributed by atoms with Crippen molar-refractivity contribution in [1.82, 2.24) is 10.2 Å². The minimum Gasteiger partial charge on any atom is -0.348 e. The Labute approximate surface area is 150 Å². The van der Waals surface area contributed by atoms with E-state index in [4.69, 9.17) is 5.73 Å². The Kier molecular flexibility index (Phi) is 8.47. The van der Waals surface area contributed by atoms with E-state index in [0.717, 1.165) is 24.2 Å². The monoisotopic (exact) mass is 347 g/mol. The van der Waals surface area contributed by atoms with Crippen LogP contribution in [0.5, 0.6) is 0 Å². The topological polar surface area (TPSA) is 58.4 Å². The first-order valence-corrected chi connectivity index (χ1v) is 7.96. The molecule has 0 aliphatic rings. The van der Waals surface area contributed by atoms with Crippen LogP contribution >= 0.6 is 12.4 Å². The van der Waals surface area contributed by atoms with E-state index in [1.165, 1.54) is 5.56 Å². The Bertz CT molecular complexity index is 643. The Morgan fingerprint density at radius 3 is 2.38 bits per heavy atom. The van der Waals surface area contributed by atoms with E-state index in [1.54, 1.807) is 0 Å². The van der Waals surface area contributed by atoms with E-state index in [1.807, 2.05) is 36.4 Å². The number of amides is 1. The van der Waals surface area contributed by atoms with Crippen molar-refractivity contribution in [3.63, 3.8) is 0 Å². The van der Waals surface area contributed by atoms with Gasteiger partial charge in [0.05, 0.1) is 0 Å². The van der Waals surface area contributed by atoms with Gasteiger partial charge in [-0.15, -0.1) is 12.4 Å². The second-order valence-electron chi connectivity index (χ2n) is 5.73. The van der Waals surface area contributed by atoms with Crippen LogP contribution in [0.2, 0.25) is 0 Å². The van der Waals surface area contributed by atoms with Crippen LogP contribution in [0, 0.1) is 0 Å². The number of carbonyl (C=O) groups is 1. The second-order valence-corrected chi connectivity index (χ2v) is 5.73. The molecule has 24 heavy (non-hydrogen) atoms. The zero-order valence-corrected chi connectivity index (χ0v) is 15.1. The molecule has 0 fully saturated rings. The number of halogens is 1. The number of carbonyl (C=O) groups excluding carboxylic acids is 1. The Hall–Kier alpha value is -1.88. The van der Waals surface area contributed by atoms with Gasteiger partial charge in [-0.05, 0) is 42.4 Å². The number of nitrogens with one attached hydrogen (secondary N) is 1. The standard InChI is InChI=1S/C19H25N3O.ClH/c1-3-22(2)14-17-6-4-5-16(11-17)13-21-19(23)18-9-7-15(12-20)8-10-18;/h4-11H,3,12-14,20H2,1-2H3,(H,21,23);1H. The van der Waals surface area contributed by atoms with Gasteiger partial charge in [0.2, 0.25) is 0 Å². The molecule has 1 amide bonds. The summed E-state index contributed by atoms with van der Waals surface area (Å²) in [6.07, 6.45) is 0. The Morgan fingerprint density at radius 2 is 1.75 bits per heavy atom. The largest absolute Gasteiger partial charge is 0.348 e. The molecule has 0 atom stereocenters. The van der Waals surface area contributed by atoms with Gasteiger partial charge in [0.25, 0.3) is 5.91 Å². The van der Waals surface area contributed by atoms with Crippen molar-refractivity contribution in [2.24, 2.45) is 5.73 Å². The number of rotatable bonds is 7. The van der Waals surface area contributed by atoms with Crippen LogP contribution in [0.3, 0.4) is 0 Å². The molecular weight excluding hydrogens is 322 g/mol. The lowest BCUT2D eigenvalue weighted by Crippen LogP contribution is -2.23. The highest BCUT2D eigenvalue weighted by Crippen LogP contribution is 2.09. The zero-order valence-electron chi connectivity index (χ0n) is 14.3. The maximum atomic E-state index is 12.2. The van der Waals surface area contributed by atoms with Gasteiger partial charge in [-0.2, -0.15) is 0 Å². The maximum absolute atomic E-state index is 12.2. The molecule has 0 aliphatic heterocycles. The van der Waals surface area contributed by atoms with E-state index in [9.17, 15) is 4.79 Å². The summed E-state index contributed by atoms with van der Waals surface area (Å²) < 4.78 is 0. The van der Waals surface area contributed by atoms with Crippen molar-refractivity contribution in [3.05, 3.63) is 70.8 Å². The third-order valence-corrected chi connectivity index (χ3v) is 3.89. The number of hydrogen-bond acceptors (Lipinski definition) is 3. The van der Waals surface area contributed by atoms with Gasteiger partial charge >= 0.3 is 0 Å². The molecule has 0 unspecified atom stereocenters. The van der Waals surface area contributed by atoms with Crippen molar-refractivity contribution < 1.29 is 4.79 Å². The van der Waals surface area contributed by atoms with Gasteiger partial charge in [-0.1, -0.05) is 43.3 Å². The maximum Gasteiger partial charge on any atom is 0.251 e. The normalized spacial score (nSPS) is 10.3. The molecule has 0 spiro atoms. The van der Waals surface area contributed by atoms with E-state index < -0.39 is 0 Å². The SMILES string of the molecule is CCN(C)Cc1cccc(CNC(=O)c2ccc(CN)cc2)c1.Cl. The van der Waals surface area contributed by atoms with Crippen molar-refractivity contribution in [1.29, 1.82) is 0 Å². The van der Waals surface area contributed by atoms with Crippen LogP contribution in [-0.4, -0.2) is 24.4 Å². The molecule has 130 valence electrons. The number of nitrogens with two attached hydrogens (primary N) is 1. The van der Waals surface area contributed by atoms with Crippen LogP contribution in [0.15, 0.2) is 48.5 Å². The predicted molar refractivity (Wildman–Crippen MR) is 101 cm³/mol. The minimum atomic E-state index is -0.0651. The average Bonchev–Trinajstić information content (AvgIpc) is 2.60. The lowest BCUT2D eigenvalue weighted by atomic mass is 10.1. The number of nitrogens with zero attached hydrogens (tertiary/aromatic N) is 1. The summed E-state index contributed by atoms with van der Waals surface area (Å²) in [7, 11) is 2.10. The van der Waals surface area contributed by atoms with Gasteiger partial charge in [-0.25, -0.2) is 0 Å². The molecule has 0 aromatic heterocycles. The molecule has 3 N–H and O–H groups in total. The predicted octanol–water partition coefficient (Wildman–Crippen LogP) is 2.95. The molecule has 0 bridgehead atoms. The summed E-state index contributed by atoms with van der Waals surface area (Å²) >= 11 is 0.